The van der Waals surface area contributed by atoms with Crippen LogP contribution in [-0.4, -0.2) is 35.9 Å². The minimum absolute atomic E-state index is 0.142. The predicted molar refractivity (Wildman–Crippen MR) is 53.1 cm³/mol. The summed E-state index contributed by atoms with van der Waals surface area (Å²) in [5.74, 6) is -0.308. The lowest BCUT2D eigenvalue weighted by Gasteiger charge is -2.14. The molecule has 0 radical (unpaired) electrons. The average molecular weight is 195 g/mol. The van der Waals surface area contributed by atoms with Crippen molar-refractivity contribution in [2.24, 2.45) is 5.73 Å². The van der Waals surface area contributed by atoms with Gasteiger partial charge in [0.15, 0.2) is 0 Å². The van der Waals surface area contributed by atoms with E-state index in [1.807, 2.05) is 0 Å². The molecule has 1 heterocycles. The van der Waals surface area contributed by atoms with Gasteiger partial charge in [0.25, 0.3) is 11.5 Å². The molecular weight excluding hydrogens is 182 g/mol. The van der Waals surface area contributed by atoms with Crippen LogP contribution in [0.3, 0.4) is 0 Å². The van der Waals surface area contributed by atoms with Crippen LogP contribution in [0.1, 0.15) is 10.4 Å². The van der Waals surface area contributed by atoms with Gasteiger partial charge >= 0.3 is 0 Å². The topological polar surface area (TPSA) is 79.2 Å². The molecule has 0 aromatic carbocycles. The van der Waals surface area contributed by atoms with Crippen LogP contribution in [0.5, 0.6) is 0 Å². The number of hydrogen-bond donors (Lipinski definition) is 2. The van der Waals surface area contributed by atoms with Crippen LogP contribution < -0.4 is 11.3 Å². The van der Waals surface area contributed by atoms with Gasteiger partial charge in [-0.1, -0.05) is 0 Å². The largest absolute Gasteiger partial charge is 0.340 e. The number of nitrogens with one attached hydrogen (secondary N) is 1. The molecule has 3 N–H and O–H groups in total. The lowest BCUT2D eigenvalue weighted by Crippen LogP contribution is -2.34. The van der Waals surface area contributed by atoms with E-state index in [0.717, 1.165) is 0 Å². The summed E-state index contributed by atoms with van der Waals surface area (Å²) < 4.78 is 0. The number of carbonyl (C=O) groups excluding carboxylic acids is 1. The second-order valence-corrected chi connectivity index (χ2v) is 2.93. The van der Waals surface area contributed by atoms with Gasteiger partial charge in [-0.05, 0) is 12.1 Å². The van der Waals surface area contributed by atoms with Crippen LogP contribution in [-0.2, 0) is 0 Å². The molecule has 0 aliphatic carbocycles. The summed E-state index contributed by atoms with van der Waals surface area (Å²) in [4.78, 5) is 26.7. The van der Waals surface area contributed by atoms with E-state index in [9.17, 15) is 9.59 Å². The first-order valence-corrected chi connectivity index (χ1v) is 4.30. The Kier molecular flexibility index (Phi) is 3.41. The third-order valence-corrected chi connectivity index (χ3v) is 1.86. The lowest BCUT2D eigenvalue weighted by atomic mass is 10.2. The highest BCUT2D eigenvalue weighted by Gasteiger charge is 2.13. The van der Waals surface area contributed by atoms with Crippen molar-refractivity contribution in [1.29, 1.82) is 0 Å². The molecule has 0 unspecified atom stereocenters. The van der Waals surface area contributed by atoms with Crippen molar-refractivity contribution >= 4 is 5.91 Å². The van der Waals surface area contributed by atoms with Gasteiger partial charge in [-0.2, -0.15) is 0 Å². The molecule has 76 valence electrons. The number of amides is 1. The molecule has 0 spiro atoms. The summed E-state index contributed by atoms with van der Waals surface area (Å²) in [7, 11) is 1.61. The quantitative estimate of drug-likeness (QED) is 0.676. The number of H-pyrrole nitrogens is 1. The highest BCUT2D eigenvalue weighted by molar-refractivity contribution is 5.93. The van der Waals surface area contributed by atoms with Gasteiger partial charge < -0.3 is 15.6 Å². The maximum absolute atomic E-state index is 11.6. The van der Waals surface area contributed by atoms with Crippen LogP contribution in [0.4, 0.5) is 0 Å². The van der Waals surface area contributed by atoms with Gasteiger partial charge in [-0.25, -0.2) is 0 Å². The van der Waals surface area contributed by atoms with E-state index in [1.54, 1.807) is 13.1 Å². The number of nitrogens with zero attached hydrogens (tertiary/aromatic N) is 1. The second kappa shape index (κ2) is 4.57. The fourth-order valence-corrected chi connectivity index (χ4v) is 1.09. The molecule has 0 fully saturated rings. The van der Waals surface area contributed by atoms with Crippen molar-refractivity contribution in [2.45, 2.75) is 0 Å². The zero-order valence-electron chi connectivity index (χ0n) is 7.99. The van der Waals surface area contributed by atoms with Gasteiger partial charge in [-0.3, -0.25) is 9.59 Å². The Labute approximate surface area is 81.5 Å². The summed E-state index contributed by atoms with van der Waals surface area (Å²) in [5.41, 5.74) is 5.07. The molecule has 0 aliphatic rings. The third kappa shape index (κ3) is 2.20. The van der Waals surface area contributed by atoms with E-state index >= 15 is 0 Å². The number of likely N-dealkylation sites (N-methyl/N-ethyl adjacent to an activating group) is 1. The fraction of sp³-hybridized carbons (Fsp3) is 0.333. The maximum atomic E-state index is 11.6. The van der Waals surface area contributed by atoms with E-state index in [0.29, 0.717) is 13.1 Å². The standard InChI is InChI=1S/C9H13N3O2/c1-12(6-4-10)9(14)7-3-2-5-11-8(7)13/h2-3,5H,4,6,10H2,1H3,(H,11,13). The van der Waals surface area contributed by atoms with E-state index in [-0.39, 0.29) is 17.0 Å². The zero-order valence-corrected chi connectivity index (χ0v) is 7.99. The van der Waals surface area contributed by atoms with E-state index < -0.39 is 0 Å². The summed E-state index contributed by atoms with van der Waals surface area (Å²) >= 11 is 0. The smallest absolute Gasteiger partial charge is 0.260 e. The van der Waals surface area contributed by atoms with Gasteiger partial charge in [0.1, 0.15) is 5.56 Å². The summed E-state index contributed by atoms with van der Waals surface area (Å²) in [6.07, 6.45) is 1.49. The third-order valence-electron chi connectivity index (χ3n) is 1.86. The van der Waals surface area contributed by atoms with Crippen LogP contribution in [0.2, 0.25) is 0 Å². The van der Waals surface area contributed by atoms with Crippen LogP contribution >= 0.6 is 0 Å². The molecule has 0 saturated heterocycles. The van der Waals surface area contributed by atoms with Crippen molar-refractivity contribution in [3.63, 3.8) is 0 Å². The van der Waals surface area contributed by atoms with Crippen LogP contribution in [0.25, 0.3) is 0 Å². The van der Waals surface area contributed by atoms with E-state index in [1.165, 1.54) is 17.2 Å². The summed E-state index contributed by atoms with van der Waals surface area (Å²) in [6, 6.07) is 3.11. The highest BCUT2D eigenvalue weighted by Crippen LogP contribution is 1.95. The summed E-state index contributed by atoms with van der Waals surface area (Å²) in [6.45, 7) is 0.820. The molecule has 14 heavy (non-hydrogen) atoms. The van der Waals surface area contributed by atoms with Gasteiger partial charge in [-0.15, -0.1) is 0 Å². The van der Waals surface area contributed by atoms with E-state index in [2.05, 4.69) is 4.98 Å². The minimum Gasteiger partial charge on any atom is -0.340 e. The number of pyridine rings is 1. The SMILES string of the molecule is CN(CCN)C(=O)c1ccc[nH]c1=O. The first-order chi connectivity index (χ1) is 6.66. The average Bonchev–Trinajstić information content (AvgIpc) is 2.18. The maximum Gasteiger partial charge on any atom is 0.260 e. The van der Waals surface area contributed by atoms with Gasteiger partial charge in [0.2, 0.25) is 0 Å². The zero-order chi connectivity index (χ0) is 10.6. The number of rotatable bonds is 3. The van der Waals surface area contributed by atoms with Crippen molar-refractivity contribution < 1.29 is 4.79 Å². The van der Waals surface area contributed by atoms with Crippen molar-refractivity contribution in [3.8, 4) is 0 Å². The van der Waals surface area contributed by atoms with Crippen molar-refractivity contribution in [3.05, 3.63) is 34.2 Å². The molecule has 0 saturated carbocycles. The Balaban J connectivity index is 2.90. The Morgan fingerprint density at radius 2 is 2.36 bits per heavy atom. The summed E-state index contributed by atoms with van der Waals surface area (Å²) in [5, 5.41) is 0. The fourth-order valence-electron chi connectivity index (χ4n) is 1.09. The van der Waals surface area contributed by atoms with Crippen LogP contribution in [0.15, 0.2) is 23.1 Å². The Morgan fingerprint density at radius 3 is 2.93 bits per heavy atom. The van der Waals surface area contributed by atoms with Crippen molar-refractivity contribution in [1.82, 2.24) is 9.88 Å². The lowest BCUT2D eigenvalue weighted by molar-refractivity contribution is 0.0797. The van der Waals surface area contributed by atoms with E-state index in [4.69, 9.17) is 5.73 Å². The molecule has 0 aliphatic heterocycles. The molecule has 1 rings (SSSR count). The molecule has 5 heteroatoms. The number of hydrogen-bond acceptors (Lipinski definition) is 3. The highest BCUT2D eigenvalue weighted by atomic mass is 16.2. The number of aromatic nitrogens is 1. The molecule has 1 amide bonds. The second-order valence-electron chi connectivity index (χ2n) is 2.93. The molecule has 5 nitrogen and oxygen atoms in total. The molecular formula is C9H13N3O2. The molecule has 0 atom stereocenters. The van der Waals surface area contributed by atoms with Crippen LogP contribution in [0, 0.1) is 0 Å². The Hall–Kier alpha value is -1.62. The molecule has 1 aromatic heterocycles. The molecule has 0 bridgehead atoms. The monoisotopic (exact) mass is 195 g/mol. The predicted octanol–water partition coefficient (Wildman–Crippen LogP) is -0.594. The molecule has 1 aromatic rings. The number of nitrogens with two attached hydrogens (primary N) is 1. The first kappa shape index (κ1) is 10.5. The Morgan fingerprint density at radius 1 is 1.64 bits per heavy atom. The normalized spacial score (nSPS) is 9.86. The van der Waals surface area contributed by atoms with Crippen molar-refractivity contribution in [2.75, 3.05) is 20.1 Å². The minimum atomic E-state index is -0.374. The number of carbonyl (C=O) groups is 1. The number of aromatic amines is 1. The Bertz CT molecular complexity index is 372. The first-order valence-electron chi connectivity index (χ1n) is 4.30. The van der Waals surface area contributed by atoms with Gasteiger partial charge in [0.05, 0.1) is 0 Å². The van der Waals surface area contributed by atoms with Gasteiger partial charge in [0, 0.05) is 26.3 Å².